The van der Waals surface area contributed by atoms with Crippen LogP contribution in [0.5, 0.6) is 5.75 Å². The second-order valence-electron chi connectivity index (χ2n) is 5.10. The van der Waals surface area contributed by atoms with Crippen LogP contribution in [0.1, 0.15) is 34.8 Å². The Bertz CT molecular complexity index is 691. The highest BCUT2D eigenvalue weighted by Gasteiger charge is 2.20. The molecule has 0 radical (unpaired) electrons. The van der Waals surface area contributed by atoms with Gasteiger partial charge in [0.1, 0.15) is 10.7 Å². The number of hydrogen-bond donors (Lipinski definition) is 2. The van der Waals surface area contributed by atoms with Crippen molar-refractivity contribution in [1.82, 2.24) is 4.98 Å². The van der Waals surface area contributed by atoms with E-state index in [9.17, 15) is 9.18 Å². The average Bonchev–Trinajstić information content (AvgIpc) is 2.93. The van der Waals surface area contributed by atoms with Crippen molar-refractivity contribution < 1.29 is 13.9 Å². The normalized spacial score (nSPS) is 13.8. The largest absolute Gasteiger partial charge is 0.487 e. The van der Waals surface area contributed by atoms with E-state index in [-0.39, 0.29) is 35.9 Å². The van der Waals surface area contributed by atoms with E-state index in [0.29, 0.717) is 17.2 Å². The van der Waals surface area contributed by atoms with E-state index in [1.54, 1.807) is 11.4 Å². The molecule has 3 rings (SSSR count). The highest BCUT2D eigenvalue weighted by molar-refractivity contribution is 7.09. The van der Waals surface area contributed by atoms with Crippen LogP contribution >= 0.6 is 23.7 Å². The topological polar surface area (TPSA) is 77.2 Å². The van der Waals surface area contributed by atoms with Crippen LogP contribution in [-0.4, -0.2) is 17.0 Å². The van der Waals surface area contributed by atoms with Gasteiger partial charge in [-0.1, -0.05) is 0 Å². The van der Waals surface area contributed by atoms with E-state index in [2.05, 4.69) is 10.3 Å². The third kappa shape index (κ3) is 4.19. The molecule has 1 aliphatic carbocycles. The van der Waals surface area contributed by atoms with E-state index >= 15 is 0 Å². The minimum Gasteiger partial charge on any atom is -0.487 e. The molecule has 0 spiro atoms. The third-order valence-electron chi connectivity index (χ3n) is 3.49. The Hall–Kier alpha value is -1.70. The number of hydrogen-bond acceptors (Lipinski definition) is 5. The van der Waals surface area contributed by atoms with Crippen LogP contribution in [-0.2, 0) is 6.54 Å². The molecule has 1 aliphatic rings. The zero-order chi connectivity index (χ0) is 15.5. The Labute approximate surface area is 143 Å². The van der Waals surface area contributed by atoms with Crippen molar-refractivity contribution in [2.24, 2.45) is 5.73 Å². The lowest BCUT2D eigenvalue weighted by atomic mass is 9.96. The van der Waals surface area contributed by atoms with E-state index in [1.807, 2.05) is 0 Å². The van der Waals surface area contributed by atoms with E-state index < -0.39 is 5.82 Å². The molecule has 3 N–H and O–H groups in total. The molecule has 124 valence electrons. The van der Waals surface area contributed by atoms with Crippen LogP contribution in [0.4, 0.5) is 10.1 Å². The molecule has 5 nitrogen and oxygen atoms in total. The summed E-state index contributed by atoms with van der Waals surface area (Å²) < 4.78 is 19.5. The first-order chi connectivity index (χ1) is 10.7. The van der Waals surface area contributed by atoms with Crippen molar-refractivity contribution in [3.63, 3.8) is 0 Å². The number of amides is 1. The molecule has 1 fully saturated rings. The Morgan fingerprint density at radius 1 is 1.48 bits per heavy atom. The number of thiazole rings is 1. The maximum absolute atomic E-state index is 14.0. The molecular weight excluding hydrogens is 341 g/mol. The second-order valence-corrected chi connectivity index (χ2v) is 6.04. The van der Waals surface area contributed by atoms with E-state index in [1.165, 1.54) is 23.5 Å². The van der Waals surface area contributed by atoms with Gasteiger partial charge in [-0.3, -0.25) is 4.79 Å². The second kappa shape index (κ2) is 7.72. The quantitative estimate of drug-likeness (QED) is 0.860. The number of benzene rings is 1. The zero-order valence-corrected chi connectivity index (χ0v) is 13.9. The number of nitrogens with one attached hydrogen (secondary N) is 1. The number of nitrogens with two attached hydrogens (primary N) is 1. The number of carbonyl (C=O) groups is 1. The van der Waals surface area contributed by atoms with Crippen LogP contribution < -0.4 is 15.8 Å². The first kappa shape index (κ1) is 17.7. The molecule has 0 unspecified atom stereocenters. The summed E-state index contributed by atoms with van der Waals surface area (Å²) in [6, 6.07) is 4.41. The molecule has 1 saturated carbocycles. The minimum absolute atomic E-state index is 0. The lowest BCUT2D eigenvalue weighted by molar-refractivity contribution is 0.102. The van der Waals surface area contributed by atoms with Gasteiger partial charge in [0.15, 0.2) is 11.6 Å². The zero-order valence-electron chi connectivity index (χ0n) is 12.3. The Balaban J connectivity index is 0.00000192. The van der Waals surface area contributed by atoms with Gasteiger partial charge in [-0.25, -0.2) is 9.37 Å². The van der Waals surface area contributed by atoms with Gasteiger partial charge in [0.2, 0.25) is 0 Å². The first-order valence-electron chi connectivity index (χ1n) is 7.07. The van der Waals surface area contributed by atoms with Crippen molar-refractivity contribution in [2.75, 3.05) is 5.32 Å². The Morgan fingerprint density at radius 3 is 2.83 bits per heavy atom. The highest BCUT2D eigenvalue weighted by atomic mass is 35.5. The monoisotopic (exact) mass is 357 g/mol. The molecule has 1 heterocycles. The molecule has 23 heavy (non-hydrogen) atoms. The number of halogens is 2. The number of nitrogens with zero attached hydrogens (tertiary/aromatic N) is 1. The maximum atomic E-state index is 14.0. The molecular formula is C15H17ClFN3O2S. The van der Waals surface area contributed by atoms with E-state index in [0.717, 1.165) is 19.3 Å². The van der Waals surface area contributed by atoms with Crippen LogP contribution in [0.15, 0.2) is 23.6 Å². The Morgan fingerprint density at radius 2 is 2.26 bits per heavy atom. The smallest absolute Gasteiger partial charge is 0.275 e. The van der Waals surface area contributed by atoms with Crippen LogP contribution in [0.25, 0.3) is 0 Å². The van der Waals surface area contributed by atoms with Gasteiger partial charge in [0.05, 0.1) is 6.10 Å². The van der Waals surface area contributed by atoms with Gasteiger partial charge in [-0.15, -0.1) is 23.7 Å². The van der Waals surface area contributed by atoms with Gasteiger partial charge in [-0.2, -0.15) is 0 Å². The predicted molar refractivity (Wildman–Crippen MR) is 89.9 cm³/mol. The standard InChI is InChI=1S/C15H16FN3O2S.ClH/c16-11-6-9(4-5-13(11)21-10-2-1-3-10)18-15(20)12-8-22-14(7-17)19-12;/h4-6,8,10H,1-3,7,17H2,(H,18,20);1H. The van der Waals surface area contributed by atoms with Gasteiger partial charge in [-0.05, 0) is 31.4 Å². The Kier molecular flexibility index (Phi) is 5.92. The molecule has 0 atom stereocenters. The molecule has 0 aliphatic heterocycles. The van der Waals surface area contributed by atoms with Crippen molar-refractivity contribution in [2.45, 2.75) is 31.9 Å². The number of ether oxygens (including phenoxy) is 1. The SMILES string of the molecule is Cl.NCc1nc(C(=O)Nc2ccc(OC3CCC3)c(F)c2)cs1. The van der Waals surface area contributed by atoms with Crippen molar-refractivity contribution >= 4 is 35.3 Å². The summed E-state index contributed by atoms with van der Waals surface area (Å²) in [6.07, 6.45) is 3.16. The molecule has 1 aromatic heterocycles. The molecule has 1 aromatic carbocycles. The molecule has 8 heteroatoms. The summed E-state index contributed by atoms with van der Waals surface area (Å²) in [7, 11) is 0. The first-order valence-corrected chi connectivity index (χ1v) is 7.95. The fraction of sp³-hybridized carbons (Fsp3) is 0.333. The number of rotatable bonds is 5. The van der Waals surface area contributed by atoms with Crippen molar-refractivity contribution in [3.8, 4) is 5.75 Å². The third-order valence-corrected chi connectivity index (χ3v) is 4.37. The van der Waals surface area contributed by atoms with Crippen LogP contribution in [0.3, 0.4) is 0 Å². The summed E-state index contributed by atoms with van der Waals surface area (Å²) in [4.78, 5) is 16.1. The highest BCUT2D eigenvalue weighted by Crippen LogP contribution is 2.28. The lowest BCUT2D eigenvalue weighted by Gasteiger charge is -2.26. The van der Waals surface area contributed by atoms with Crippen LogP contribution in [0.2, 0.25) is 0 Å². The van der Waals surface area contributed by atoms with Gasteiger partial charge in [0, 0.05) is 23.7 Å². The summed E-state index contributed by atoms with van der Waals surface area (Å²) in [5, 5.41) is 4.92. The van der Waals surface area contributed by atoms with E-state index in [4.69, 9.17) is 10.5 Å². The lowest BCUT2D eigenvalue weighted by Crippen LogP contribution is -2.25. The van der Waals surface area contributed by atoms with Crippen molar-refractivity contribution in [1.29, 1.82) is 0 Å². The average molecular weight is 358 g/mol. The molecule has 2 aromatic rings. The van der Waals surface area contributed by atoms with Crippen LogP contribution in [0, 0.1) is 5.82 Å². The maximum Gasteiger partial charge on any atom is 0.275 e. The molecule has 1 amide bonds. The van der Waals surface area contributed by atoms with Crippen molar-refractivity contribution in [3.05, 3.63) is 40.1 Å². The number of carbonyl (C=O) groups excluding carboxylic acids is 1. The molecule has 0 bridgehead atoms. The summed E-state index contributed by atoms with van der Waals surface area (Å²) in [5.41, 5.74) is 6.11. The summed E-state index contributed by atoms with van der Waals surface area (Å²) >= 11 is 1.32. The minimum atomic E-state index is -0.481. The van der Waals surface area contributed by atoms with Gasteiger partial charge in [0.25, 0.3) is 5.91 Å². The number of anilines is 1. The summed E-state index contributed by atoms with van der Waals surface area (Å²) in [5.74, 6) is -0.643. The predicted octanol–water partition coefficient (Wildman–Crippen LogP) is 3.35. The summed E-state index contributed by atoms with van der Waals surface area (Å²) in [6.45, 7) is 0.291. The van der Waals surface area contributed by atoms with Gasteiger partial charge < -0.3 is 15.8 Å². The fourth-order valence-corrected chi connectivity index (χ4v) is 2.70. The number of aromatic nitrogens is 1. The fourth-order valence-electron chi connectivity index (χ4n) is 2.05. The van der Waals surface area contributed by atoms with Gasteiger partial charge >= 0.3 is 0 Å². The molecule has 0 saturated heterocycles.